The normalized spacial score (nSPS) is 10.0. The van der Waals surface area contributed by atoms with Gasteiger partial charge in [0.15, 0.2) is 8.07 Å². The van der Waals surface area contributed by atoms with Crippen molar-refractivity contribution in [1.29, 1.82) is 0 Å². The van der Waals surface area contributed by atoms with Gasteiger partial charge < -0.3 is 5.92 Å². The van der Waals surface area contributed by atoms with Crippen LogP contribution in [0.5, 0.6) is 0 Å². The fourth-order valence-electron chi connectivity index (χ4n) is 13.0. The van der Waals surface area contributed by atoms with Crippen molar-refractivity contribution in [2.45, 2.75) is 28.2 Å². The predicted molar refractivity (Wildman–Crippen MR) is 685 cm³/mol. The van der Waals surface area contributed by atoms with Crippen molar-refractivity contribution in [3.05, 3.63) is 363 Å². The third kappa shape index (κ3) is 36.3. The first-order valence-corrected chi connectivity index (χ1v) is 88.8. The van der Waals surface area contributed by atoms with Crippen molar-refractivity contribution >= 4 is 451 Å². The van der Waals surface area contributed by atoms with Crippen molar-refractivity contribution < 1.29 is 18.9 Å². The zero-order chi connectivity index (χ0) is 92.3. The summed E-state index contributed by atoms with van der Waals surface area (Å²) in [5.74, 6) is 1.42. The molecule has 6 aromatic heterocycles. The smallest absolute Gasteiger partial charge is 0.323 e. The molecule has 6 heterocycles. The van der Waals surface area contributed by atoms with Gasteiger partial charge in [0.2, 0.25) is 7.38 Å². The van der Waals surface area contributed by atoms with Gasteiger partial charge in [-0.2, -0.15) is 20.8 Å². The van der Waals surface area contributed by atoms with E-state index in [1.807, 2.05) is 121 Å². The number of fused-ring (bicyclic) bond motifs is 6. The van der Waals surface area contributed by atoms with E-state index in [2.05, 4.69) is 335 Å². The molecule has 47 heteroatoms. The molecule has 0 unspecified atom stereocenters. The van der Waals surface area contributed by atoms with Gasteiger partial charge in [-0.15, -0.1) is 11.1 Å². The van der Waals surface area contributed by atoms with E-state index in [1.165, 1.54) is 77.7 Å². The molecule has 0 bridgehead atoms. The standard InChI is InChI=1S/C41H29N3Si.C23H14BrN3.C18H15ClSi.C4H9.CH4.Li.S24.S12/c1-5-15-30(16-6-1)36-29-38(37-23-13-14-27-42-37)44-41-34(36)24-25-35-39(26-28-43-40(35)41)45(31-17-7-2-8-18-31,32-19-9-3-10-20-32)33-21-11-4-12-22-33;24-19-11-13-26-22-17(19)10-9-16-18(15-6-2-1-3-7-15)14-21(27-23(16)22)20-8-4-5-12-25-20;19-20(16-10-4-1-5-11-16,17-12-6-2-7-13-17)18-14-8-3-9-15-18;1-4(2)3;;;1-3-5-7-9-11-13-15-17-19-21-23-24-22-20-18-16-14-12-10-8-6-4-2;1-3-5-7-9-11-12-10-8-6-4-2/h1-29H;1-14H;1-15H;1-3H3;1H4;;;/q;;;-1;;+1;;. The van der Waals surface area contributed by atoms with Crippen molar-refractivity contribution in [3.63, 3.8) is 0 Å². The Kier molecular flexibility index (Phi) is 58.1. The second-order valence-electron chi connectivity index (χ2n) is 25.9. The number of rotatable bonds is 11. The Morgan fingerprint density at radius 2 is 0.507 bits per heavy atom. The molecule has 0 amide bonds. The van der Waals surface area contributed by atoms with E-state index in [9.17, 15) is 0 Å². The van der Waals surface area contributed by atoms with Crippen LogP contribution in [-0.4, -0.2) is 45.4 Å². The molecule has 16 rings (SSSR count). The van der Waals surface area contributed by atoms with E-state index in [0.717, 1.165) is 93.1 Å². The molecule has 0 saturated heterocycles. The van der Waals surface area contributed by atoms with Crippen LogP contribution in [0.15, 0.2) is 357 Å². The largest absolute Gasteiger partial charge is 1.00 e. The molecule has 0 aliphatic rings. The van der Waals surface area contributed by atoms with Gasteiger partial charge in [0.05, 0.1) is 44.8 Å². The monoisotopic (exact) mass is 2530 g/mol. The van der Waals surface area contributed by atoms with Gasteiger partial charge in [-0.3, -0.25) is 19.9 Å². The second kappa shape index (κ2) is 67.5. The van der Waals surface area contributed by atoms with E-state index in [1.54, 1.807) is 219 Å². The van der Waals surface area contributed by atoms with Crippen molar-refractivity contribution in [2.75, 3.05) is 0 Å². The number of nitrogens with zero attached hydrogens (tertiary/aromatic N) is 6. The number of hydrogen-bond acceptors (Lipinski definition) is 10. The van der Waals surface area contributed by atoms with E-state index >= 15 is 0 Å². The Balaban J connectivity index is 0.000000197. The van der Waals surface area contributed by atoms with Crippen molar-refractivity contribution in [2.24, 2.45) is 0 Å². The first kappa shape index (κ1) is 115. The summed E-state index contributed by atoms with van der Waals surface area (Å²) in [5, 5.41) is 13.3. The fraction of sp³-hybridized carbons (Fsp3) is 0.0460. The predicted octanol–water partition coefficient (Wildman–Crippen LogP) is 15.2. The Morgan fingerprint density at radius 1 is 0.261 bits per heavy atom. The minimum atomic E-state index is -2.79. The van der Waals surface area contributed by atoms with Gasteiger partial charge in [-0.05, 0) is 107 Å². The van der Waals surface area contributed by atoms with Crippen LogP contribution in [0.4, 0.5) is 0 Å². The number of hydrogen-bond donors (Lipinski definition) is 0. The summed E-state index contributed by atoms with van der Waals surface area (Å²) >= 11 is 29.8. The number of aromatic nitrogens is 6. The molecule has 0 spiro atoms. The van der Waals surface area contributed by atoms with E-state index in [4.69, 9.17) is 48.4 Å². The summed E-state index contributed by atoms with van der Waals surface area (Å²) < 4.78 is 1.01. The summed E-state index contributed by atoms with van der Waals surface area (Å²) in [5.41, 5.74) is 11.5. The Bertz CT molecular complexity index is 8000. The van der Waals surface area contributed by atoms with Crippen LogP contribution in [0.3, 0.4) is 0 Å². The molecule has 688 valence electrons. The quantitative estimate of drug-likeness (QED) is 0.0411. The molecule has 134 heavy (non-hydrogen) atoms. The maximum absolute atomic E-state index is 7.25. The second-order valence-corrected chi connectivity index (χ2v) is 91.9. The third-order valence-corrected chi connectivity index (χ3v) is 95.3. The van der Waals surface area contributed by atoms with Crippen molar-refractivity contribution in [3.8, 4) is 45.0 Å². The topological polar surface area (TPSA) is 77.3 Å². The molecule has 0 aliphatic heterocycles. The third-order valence-electron chi connectivity index (χ3n) is 17.7. The minimum absolute atomic E-state index is 0. The molecule has 0 aliphatic carbocycles. The molecule has 0 N–H and O–H groups in total. The number of benzene rings is 10. The van der Waals surface area contributed by atoms with Crippen LogP contribution >= 0.6 is 27.0 Å². The van der Waals surface area contributed by atoms with E-state index < -0.39 is 15.5 Å². The molecule has 6 nitrogen and oxygen atoms in total. The van der Waals surface area contributed by atoms with E-state index in [-0.39, 0.29) is 26.3 Å². The molecule has 0 saturated carbocycles. The zero-order valence-electron chi connectivity index (χ0n) is 69.1. The molecular formula is C87H71BrClLiN6S36Si2. The first-order chi connectivity index (χ1) is 65.0. The zero-order valence-corrected chi connectivity index (χ0v) is 103. The van der Waals surface area contributed by atoms with Crippen LogP contribution < -0.4 is 55.2 Å². The Labute approximate surface area is 920 Å². The SMILES string of the molecule is Brc1ccnc2c1ccc1c(-c3ccccc3)cc(-c3ccccn3)nc12.C.C[C-](C)C.Cl[Si](c1ccccc1)(c1ccccc1)c1ccccc1.S=S=S=S=S=S=S=S=S=S=S=S.S=S=S=S=S=S=S=S=S=S=S=S=S=S=S=S=S=S=S=S=S=S=S=S.[Li+].c1ccc(-c2cc(-c3ccccn3)nc3c2ccc2c([Si](c4ccccc4)(c4ccccc4)c4ccccc4)ccnc23)cc1. The maximum atomic E-state index is 7.25. The van der Waals surface area contributed by atoms with Crippen LogP contribution in [-0.2, 0) is 329 Å². The fourth-order valence-corrected chi connectivity index (χ4v) is 99.3. The molecule has 10 aromatic carbocycles. The Hall–Kier alpha value is -2.14. The van der Waals surface area contributed by atoms with Gasteiger partial charge in [-0.1, -0.05) is 302 Å². The van der Waals surface area contributed by atoms with Gasteiger partial charge in [-0.25, -0.2) is 9.97 Å². The number of pyridine rings is 6. The van der Waals surface area contributed by atoms with Crippen LogP contribution in [0.1, 0.15) is 28.2 Å². The maximum Gasteiger partial charge on any atom is 1.00 e. The summed E-state index contributed by atoms with van der Waals surface area (Å²) in [6, 6.07) is 114. The van der Waals surface area contributed by atoms with Crippen LogP contribution in [0.2, 0.25) is 0 Å². The summed E-state index contributed by atoms with van der Waals surface area (Å²) in [6.07, 6.45) is 7.40. The van der Waals surface area contributed by atoms with Crippen molar-refractivity contribution in [1.82, 2.24) is 29.9 Å². The molecular weight excluding hydrogens is 2460 g/mol. The summed E-state index contributed by atoms with van der Waals surface area (Å²) in [6.45, 7) is 6.25. The van der Waals surface area contributed by atoms with E-state index in [0.29, 0.717) is 0 Å². The van der Waals surface area contributed by atoms with Gasteiger partial charge in [0.25, 0.3) is 0 Å². The van der Waals surface area contributed by atoms with Crippen LogP contribution in [0, 0.1) is 5.92 Å². The average Bonchev–Trinajstić information content (AvgIpc) is 0.712. The number of halogens is 2. The Morgan fingerprint density at radius 3 is 0.791 bits per heavy atom. The molecule has 0 atom stereocenters. The van der Waals surface area contributed by atoms with Gasteiger partial charge >= 0.3 is 18.9 Å². The molecule has 0 fully saturated rings. The van der Waals surface area contributed by atoms with Gasteiger partial charge in [0, 0.05) is 380 Å². The molecule has 0 radical (unpaired) electrons. The van der Waals surface area contributed by atoms with Crippen LogP contribution in [0.25, 0.3) is 88.6 Å². The molecule has 16 aromatic rings. The summed E-state index contributed by atoms with van der Waals surface area (Å²) in [7, 11) is 49.2. The average molecular weight is 2530 g/mol. The first-order valence-electron chi connectivity index (χ1n) is 37.7. The van der Waals surface area contributed by atoms with Gasteiger partial charge in [0.1, 0.15) is 0 Å². The minimum Gasteiger partial charge on any atom is -0.323 e. The summed E-state index contributed by atoms with van der Waals surface area (Å²) in [4.78, 5) is 29.1.